The Bertz CT molecular complexity index is 337. The van der Waals surface area contributed by atoms with E-state index >= 15 is 0 Å². The number of aliphatic hydroxyl groups is 1. The molecule has 80 valence electrons. The monoisotopic (exact) mass is 222 g/mol. The largest absolute Gasteiger partial charge is 0.391 e. The molecule has 1 fully saturated rings. The molecule has 2 rings (SSSR count). The van der Waals surface area contributed by atoms with Gasteiger partial charge in [-0.05, 0) is 25.0 Å². The number of carbonyl (C=O) groups is 1. The van der Waals surface area contributed by atoms with Crippen LogP contribution in [0, 0.1) is 0 Å². The lowest BCUT2D eigenvalue weighted by Gasteiger charge is -2.25. The van der Waals surface area contributed by atoms with Crippen molar-refractivity contribution >= 4 is 17.5 Å². The van der Waals surface area contributed by atoms with Crippen molar-refractivity contribution in [1.82, 2.24) is 0 Å². The first-order valence-electron chi connectivity index (χ1n) is 5.20. The van der Waals surface area contributed by atoms with Crippen molar-refractivity contribution in [3.8, 4) is 0 Å². The lowest BCUT2D eigenvalue weighted by Crippen LogP contribution is -2.35. The third kappa shape index (κ3) is 2.61. The molecule has 0 bridgehead atoms. The molecule has 3 heteroatoms. The summed E-state index contributed by atoms with van der Waals surface area (Å²) in [4.78, 5) is 12.7. The van der Waals surface area contributed by atoms with Gasteiger partial charge in [0.15, 0.2) is 0 Å². The molecule has 1 aliphatic rings. The van der Waals surface area contributed by atoms with E-state index in [9.17, 15) is 9.90 Å². The molecule has 15 heavy (non-hydrogen) atoms. The van der Waals surface area contributed by atoms with Crippen LogP contribution in [0.1, 0.15) is 19.3 Å². The highest BCUT2D eigenvalue weighted by Gasteiger charge is 2.30. The molecule has 0 spiro atoms. The zero-order valence-electron chi connectivity index (χ0n) is 8.43. The molecule has 0 aliphatic heterocycles. The minimum Gasteiger partial charge on any atom is -0.391 e. The van der Waals surface area contributed by atoms with E-state index in [1.165, 1.54) is 11.8 Å². The first-order chi connectivity index (χ1) is 7.27. The van der Waals surface area contributed by atoms with Crippen LogP contribution in [0.15, 0.2) is 35.2 Å². The van der Waals surface area contributed by atoms with Crippen molar-refractivity contribution in [3.05, 3.63) is 30.3 Å². The fourth-order valence-corrected chi connectivity index (χ4v) is 2.93. The van der Waals surface area contributed by atoms with Crippen LogP contribution >= 0.6 is 11.8 Å². The zero-order valence-corrected chi connectivity index (χ0v) is 9.24. The first-order valence-corrected chi connectivity index (χ1v) is 6.08. The number of rotatable bonds is 2. The van der Waals surface area contributed by atoms with E-state index in [1.54, 1.807) is 0 Å². The maximum atomic E-state index is 11.6. The van der Waals surface area contributed by atoms with E-state index in [0.717, 1.165) is 17.7 Å². The van der Waals surface area contributed by atoms with Crippen LogP contribution in [0.5, 0.6) is 0 Å². The van der Waals surface area contributed by atoms with Crippen LogP contribution in [0.4, 0.5) is 0 Å². The quantitative estimate of drug-likeness (QED) is 0.834. The van der Waals surface area contributed by atoms with Crippen molar-refractivity contribution in [3.63, 3.8) is 0 Å². The molecule has 0 aromatic heterocycles. The smallest absolute Gasteiger partial charge is 0.148 e. The fourth-order valence-electron chi connectivity index (χ4n) is 1.78. The molecule has 0 saturated heterocycles. The lowest BCUT2D eigenvalue weighted by atomic mass is 9.96. The predicted molar refractivity (Wildman–Crippen MR) is 61.0 cm³/mol. The number of thioether (sulfide) groups is 1. The SMILES string of the molecule is O=C1CCCC(O)C1Sc1ccccc1. The van der Waals surface area contributed by atoms with Gasteiger partial charge in [-0.15, -0.1) is 11.8 Å². The van der Waals surface area contributed by atoms with E-state index in [4.69, 9.17) is 0 Å². The molecule has 0 heterocycles. The topological polar surface area (TPSA) is 37.3 Å². The van der Waals surface area contributed by atoms with E-state index in [2.05, 4.69) is 0 Å². The van der Waals surface area contributed by atoms with Crippen molar-refractivity contribution in [2.75, 3.05) is 0 Å². The van der Waals surface area contributed by atoms with Gasteiger partial charge >= 0.3 is 0 Å². The summed E-state index contributed by atoms with van der Waals surface area (Å²) in [5.74, 6) is 0.183. The highest BCUT2D eigenvalue weighted by Crippen LogP contribution is 2.31. The van der Waals surface area contributed by atoms with Gasteiger partial charge < -0.3 is 5.11 Å². The summed E-state index contributed by atoms with van der Waals surface area (Å²) in [5.41, 5.74) is 0. The second-order valence-electron chi connectivity index (χ2n) is 3.78. The normalized spacial score (nSPS) is 26.6. The Morgan fingerprint density at radius 2 is 2.00 bits per heavy atom. The summed E-state index contributed by atoms with van der Waals surface area (Å²) in [7, 11) is 0. The van der Waals surface area contributed by atoms with Crippen LogP contribution < -0.4 is 0 Å². The number of hydrogen-bond acceptors (Lipinski definition) is 3. The fraction of sp³-hybridized carbons (Fsp3) is 0.417. The number of hydrogen-bond donors (Lipinski definition) is 1. The summed E-state index contributed by atoms with van der Waals surface area (Å²) < 4.78 is 0. The van der Waals surface area contributed by atoms with Gasteiger partial charge in [0.1, 0.15) is 5.78 Å². The molecular weight excluding hydrogens is 208 g/mol. The molecule has 2 unspecified atom stereocenters. The summed E-state index contributed by atoms with van der Waals surface area (Å²) in [6.45, 7) is 0. The Kier molecular flexibility index (Phi) is 3.44. The average Bonchev–Trinajstić information content (AvgIpc) is 2.25. The second kappa shape index (κ2) is 4.81. The number of carbonyl (C=O) groups excluding carboxylic acids is 1. The van der Waals surface area contributed by atoms with Gasteiger partial charge in [0.2, 0.25) is 0 Å². The Morgan fingerprint density at radius 3 is 2.67 bits per heavy atom. The summed E-state index contributed by atoms with van der Waals surface area (Å²) in [6, 6.07) is 9.78. The lowest BCUT2D eigenvalue weighted by molar-refractivity contribution is -0.122. The van der Waals surface area contributed by atoms with E-state index in [-0.39, 0.29) is 11.0 Å². The van der Waals surface area contributed by atoms with Crippen LogP contribution in [-0.2, 0) is 4.79 Å². The van der Waals surface area contributed by atoms with Gasteiger partial charge in [-0.3, -0.25) is 4.79 Å². The minimum atomic E-state index is -0.476. The second-order valence-corrected chi connectivity index (χ2v) is 4.99. The molecule has 1 saturated carbocycles. The Hall–Kier alpha value is -0.800. The van der Waals surface area contributed by atoms with Crippen LogP contribution in [0.2, 0.25) is 0 Å². The molecule has 1 N–H and O–H groups in total. The van der Waals surface area contributed by atoms with Crippen LogP contribution in [-0.4, -0.2) is 22.2 Å². The Morgan fingerprint density at radius 1 is 1.27 bits per heavy atom. The third-order valence-corrected chi connectivity index (χ3v) is 3.97. The number of Topliss-reactive ketones (excluding diaryl/α,β-unsaturated/α-hetero) is 1. The molecule has 1 aliphatic carbocycles. The molecule has 2 atom stereocenters. The van der Waals surface area contributed by atoms with Crippen molar-refractivity contribution in [2.24, 2.45) is 0 Å². The van der Waals surface area contributed by atoms with Gasteiger partial charge in [-0.2, -0.15) is 0 Å². The van der Waals surface area contributed by atoms with Gasteiger partial charge in [-0.1, -0.05) is 18.2 Å². The maximum Gasteiger partial charge on any atom is 0.148 e. The number of benzene rings is 1. The van der Waals surface area contributed by atoms with Crippen molar-refractivity contribution in [2.45, 2.75) is 35.5 Å². The molecule has 0 radical (unpaired) electrons. The predicted octanol–water partition coefficient (Wildman–Crippen LogP) is 2.26. The Labute approximate surface area is 93.7 Å². The van der Waals surface area contributed by atoms with Crippen LogP contribution in [0.3, 0.4) is 0 Å². The summed E-state index contributed by atoms with van der Waals surface area (Å²) in [5, 5.41) is 9.50. The maximum absolute atomic E-state index is 11.6. The highest BCUT2D eigenvalue weighted by molar-refractivity contribution is 8.00. The highest BCUT2D eigenvalue weighted by atomic mass is 32.2. The van der Waals surface area contributed by atoms with Gasteiger partial charge in [0.25, 0.3) is 0 Å². The van der Waals surface area contributed by atoms with Crippen molar-refractivity contribution in [1.29, 1.82) is 0 Å². The molecule has 1 aromatic rings. The zero-order chi connectivity index (χ0) is 10.7. The Balaban J connectivity index is 2.07. The van der Waals surface area contributed by atoms with Gasteiger partial charge in [-0.25, -0.2) is 0 Å². The summed E-state index contributed by atoms with van der Waals surface area (Å²) in [6.07, 6.45) is 1.71. The van der Waals surface area contributed by atoms with E-state index in [1.807, 2.05) is 30.3 Å². The van der Waals surface area contributed by atoms with E-state index in [0.29, 0.717) is 6.42 Å². The standard InChI is InChI=1S/C12H14O2S/c13-10-7-4-8-11(14)12(10)15-9-5-2-1-3-6-9/h1-3,5-6,10,12-13H,4,7-8H2. The molecular formula is C12H14O2S. The molecule has 1 aromatic carbocycles. The minimum absolute atomic E-state index is 0.183. The van der Waals surface area contributed by atoms with E-state index < -0.39 is 6.10 Å². The average molecular weight is 222 g/mol. The number of aliphatic hydroxyl groups excluding tert-OH is 1. The molecule has 2 nitrogen and oxygen atoms in total. The van der Waals surface area contributed by atoms with Crippen molar-refractivity contribution < 1.29 is 9.90 Å². The summed E-state index contributed by atoms with van der Waals surface area (Å²) >= 11 is 1.48. The first kappa shape index (κ1) is 10.7. The number of ketones is 1. The van der Waals surface area contributed by atoms with Gasteiger partial charge in [0.05, 0.1) is 11.4 Å². The molecule has 0 amide bonds. The van der Waals surface area contributed by atoms with Gasteiger partial charge in [0, 0.05) is 11.3 Å². The third-order valence-electron chi connectivity index (χ3n) is 2.60. The van der Waals surface area contributed by atoms with Crippen LogP contribution in [0.25, 0.3) is 0 Å².